The van der Waals surface area contributed by atoms with Crippen molar-refractivity contribution in [1.29, 1.82) is 0 Å². The summed E-state index contributed by atoms with van der Waals surface area (Å²) < 4.78 is 0. The molecule has 0 fully saturated rings. The van der Waals surface area contributed by atoms with E-state index >= 15 is 0 Å². The third kappa shape index (κ3) is 6.33. The quantitative estimate of drug-likeness (QED) is 0.746. The number of hydrogen-bond donors (Lipinski definition) is 2. The van der Waals surface area contributed by atoms with Crippen LogP contribution in [0.1, 0.15) is 52.6 Å². The highest BCUT2D eigenvalue weighted by Gasteiger charge is 2.25. The highest BCUT2D eigenvalue weighted by atomic mass is 35.5. The van der Waals surface area contributed by atoms with Gasteiger partial charge in [-0.3, -0.25) is 9.59 Å². The zero-order valence-corrected chi connectivity index (χ0v) is 16.3. The number of amides is 2. The van der Waals surface area contributed by atoms with Gasteiger partial charge >= 0.3 is 0 Å². The number of rotatable bonds is 7. The molecule has 0 aromatic heterocycles. The Bertz CT molecular complexity index is 588. The van der Waals surface area contributed by atoms with E-state index in [1.807, 2.05) is 40.7 Å². The smallest absolute Gasteiger partial charge is 0.243 e. The summed E-state index contributed by atoms with van der Waals surface area (Å²) in [5, 5.41) is 6.67. The van der Waals surface area contributed by atoms with Crippen molar-refractivity contribution in [3.05, 3.63) is 33.8 Å². The van der Waals surface area contributed by atoms with Gasteiger partial charge in [-0.1, -0.05) is 57.0 Å². The zero-order chi connectivity index (χ0) is 18.4. The van der Waals surface area contributed by atoms with Crippen molar-refractivity contribution >= 4 is 35.0 Å². The lowest BCUT2D eigenvalue weighted by Gasteiger charge is -2.24. The standard InChI is InChI=1S/C18H26Cl2N2O2/c1-10(2)8-16(23)22-17(11(3)4)18(24)21-12(5)13-6-7-14(19)15(20)9-13/h6-7,9-12,17H,8H2,1-5H3,(H,21,24)(H,22,23). The summed E-state index contributed by atoms with van der Waals surface area (Å²) in [5.41, 5.74) is 0.855. The van der Waals surface area contributed by atoms with Gasteiger partial charge < -0.3 is 10.6 Å². The third-order valence-electron chi connectivity index (χ3n) is 3.66. The molecule has 1 rings (SSSR count). The Kier molecular flexibility index (Phi) is 8.04. The van der Waals surface area contributed by atoms with E-state index < -0.39 is 6.04 Å². The Morgan fingerprint density at radius 2 is 1.62 bits per heavy atom. The zero-order valence-electron chi connectivity index (χ0n) is 14.8. The maximum atomic E-state index is 12.6. The highest BCUT2D eigenvalue weighted by molar-refractivity contribution is 6.42. The first-order chi connectivity index (χ1) is 11.1. The summed E-state index contributed by atoms with van der Waals surface area (Å²) in [6, 6.07) is 4.45. The molecular weight excluding hydrogens is 347 g/mol. The topological polar surface area (TPSA) is 58.2 Å². The minimum absolute atomic E-state index is 0.0119. The van der Waals surface area contributed by atoms with Crippen molar-refractivity contribution in [1.82, 2.24) is 10.6 Å². The van der Waals surface area contributed by atoms with Gasteiger partial charge in [0.15, 0.2) is 0 Å². The van der Waals surface area contributed by atoms with E-state index in [-0.39, 0.29) is 29.7 Å². The fraction of sp³-hybridized carbons (Fsp3) is 0.556. The van der Waals surface area contributed by atoms with E-state index in [1.165, 1.54) is 0 Å². The fourth-order valence-electron chi connectivity index (χ4n) is 2.31. The van der Waals surface area contributed by atoms with Gasteiger partial charge in [0.1, 0.15) is 6.04 Å². The molecule has 0 bridgehead atoms. The molecule has 4 nitrogen and oxygen atoms in total. The van der Waals surface area contributed by atoms with E-state index in [2.05, 4.69) is 10.6 Å². The predicted molar refractivity (Wildman–Crippen MR) is 99.2 cm³/mol. The lowest BCUT2D eigenvalue weighted by molar-refractivity contribution is -0.130. The maximum Gasteiger partial charge on any atom is 0.243 e. The average molecular weight is 373 g/mol. The number of carbonyl (C=O) groups excluding carboxylic acids is 2. The summed E-state index contributed by atoms with van der Waals surface area (Å²) >= 11 is 11.9. The molecule has 24 heavy (non-hydrogen) atoms. The number of halogens is 2. The first-order valence-corrected chi connectivity index (χ1v) is 8.92. The van der Waals surface area contributed by atoms with E-state index in [0.29, 0.717) is 16.5 Å². The predicted octanol–water partition coefficient (Wildman–Crippen LogP) is 4.36. The molecule has 0 spiro atoms. The molecule has 0 aliphatic rings. The van der Waals surface area contributed by atoms with Crippen LogP contribution in [0.15, 0.2) is 18.2 Å². The molecule has 2 atom stereocenters. The van der Waals surface area contributed by atoms with Gasteiger partial charge in [0.05, 0.1) is 16.1 Å². The van der Waals surface area contributed by atoms with E-state index in [1.54, 1.807) is 12.1 Å². The second-order valence-electron chi connectivity index (χ2n) is 6.79. The first kappa shape index (κ1) is 20.8. The minimum Gasteiger partial charge on any atom is -0.348 e. The van der Waals surface area contributed by atoms with Crippen LogP contribution < -0.4 is 10.6 Å². The van der Waals surface area contributed by atoms with Gasteiger partial charge in [-0.2, -0.15) is 0 Å². The Balaban J connectivity index is 2.77. The number of hydrogen-bond acceptors (Lipinski definition) is 2. The second-order valence-corrected chi connectivity index (χ2v) is 7.61. The lowest BCUT2D eigenvalue weighted by atomic mass is 10.0. The molecule has 2 unspecified atom stereocenters. The molecule has 6 heteroatoms. The van der Waals surface area contributed by atoms with Crippen LogP contribution in [0.5, 0.6) is 0 Å². The molecule has 0 saturated heterocycles. The van der Waals surface area contributed by atoms with Crippen molar-refractivity contribution < 1.29 is 9.59 Å². The van der Waals surface area contributed by atoms with Gasteiger partial charge in [-0.25, -0.2) is 0 Å². The summed E-state index contributed by atoms with van der Waals surface area (Å²) in [6.45, 7) is 9.62. The van der Waals surface area contributed by atoms with Crippen molar-refractivity contribution in [2.75, 3.05) is 0 Å². The fourth-order valence-corrected chi connectivity index (χ4v) is 2.61. The van der Waals surface area contributed by atoms with Gasteiger partial charge in [0.25, 0.3) is 0 Å². The Labute approximate surface area is 154 Å². The van der Waals surface area contributed by atoms with Crippen LogP contribution in [0.3, 0.4) is 0 Å². The van der Waals surface area contributed by atoms with Crippen LogP contribution in [-0.2, 0) is 9.59 Å². The Hall–Kier alpha value is -1.26. The molecule has 0 aliphatic carbocycles. The molecule has 134 valence electrons. The summed E-state index contributed by atoms with van der Waals surface area (Å²) in [5.74, 6) is -0.0835. The van der Waals surface area contributed by atoms with E-state index in [0.717, 1.165) is 5.56 Å². The van der Waals surface area contributed by atoms with Gasteiger partial charge in [0, 0.05) is 6.42 Å². The van der Waals surface area contributed by atoms with Crippen LogP contribution in [-0.4, -0.2) is 17.9 Å². The molecule has 0 aliphatic heterocycles. The molecule has 0 radical (unpaired) electrons. The van der Waals surface area contributed by atoms with Crippen molar-refractivity contribution in [2.24, 2.45) is 11.8 Å². The normalized spacial score (nSPS) is 13.7. The van der Waals surface area contributed by atoms with Crippen LogP contribution in [0, 0.1) is 11.8 Å². The summed E-state index contributed by atoms with van der Waals surface area (Å²) in [6.07, 6.45) is 0.402. The molecule has 2 N–H and O–H groups in total. The van der Waals surface area contributed by atoms with E-state index in [4.69, 9.17) is 23.2 Å². The van der Waals surface area contributed by atoms with E-state index in [9.17, 15) is 9.59 Å². The van der Waals surface area contributed by atoms with Crippen LogP contribution in [0.25, 0.3) is 0 Å². The maximum absolute atomic E-state index is 12.6. The lowest BCUT2D eigenvalue weighted by Crippen LogP contribution is -2.50. The van der Waals surface area contributed by atoms with Gasteiger partial charge in [-0.05, 0) is 36.5 Å². The highest BCUT2D eigenvalue weighted by Crippen LogP contribution is 2.25. The monoisotopic (exact) mass is 372 g/mol. The molecule has 0 saturated carbocycles. The molecular formula is C18H26Cl2N2O2. The van der Waals surface area contributed by atoms with Crippen LogP contribution in [0.4, 0.5) is 0 Å². The third-order valence-corrected chi connectivity index (χ3v) is 4.40. The van der Waals surface area contributed by atoms with Crippen molar-refractivity contribution in [3.63, 3.8) is 0 Å². The van der Waals surface area contributed by atoms with Crippen molar-refractivity contribution in [2.45, 2.75) is 53.1 Å². The molecule has 1 aromatic rings. The number of carbonyl (C=O) groups is 2. The molecule has 1 aromatic carbocycles. The number of benzene rings is 1. The number of nitrogens with one attached hydrogen (secondary N) is 2. The van der Waals surface area contributed by atoms with Crippen LogP contribution >= 0.6 is 23.2 Å². The average Bonchev–Trinajstić information content (AvgIpc) is 2.46. The van der Waals surface area contributed by atoms with Crippen molar-refractivity contribution in [3.8, 4) is 0 Å². The minimum atomic E-state index is -0.568. The second kappa shape index (κ2) is 9.28. The summed E-state index contributed by atoms with van der Waals surface area (Å²) in [7, 11) is 0. The molecule has 0 heterocycles. The first-order valence-electron chi connectivity index (χ1n) is 8.16. The Morgan fingerprint density at radius 3 is 2.12 bits per heavy atom. The largest absolute Gasteiger partial charge is 0.348 e. The Morgan fingerprint density at radius 1 is 1.00 bits per heavy atom. The molecule has 2 amide bonds. The van der Waals surface area contributed by atoms with Gasteiger partial charge in [-0.15, -0.1) is 0 Å². The summed E-state index contributed by atoms with van der Waals surface area (Å²) in [4.78, 5) is 24.5. The van der Waals surface area contributed by atoms with Crippen LogP contribution in [0.2, 0.25) is 10.0 Å². The SMILES string of the molecule is CC(C)CC(=O)NC(C(=O)NC(C)c1ccc(Cl)c(Cl)c1)C(C)C. The van der Waals surface area contributed by atoms with Gasteiger partial charge in [0.2, 0.25) is 11.8 Å².